The second kappa shape index (κ2) is 7.51. The zero-order chi connectivity index (χ0) is 17.8. The molecule has 1 N–H and O–H groups in total. The van der Waals surface area contributed by atoms with E-state index in [1.165, 1.54) is 5.56 Å². The Balaban J connectivity index is 1.77. The number of rotatable bonds is 6. The molecule has 3 aromatic rings. The first-order valence-corrected chi connectivity index (χ1v) is 8.87. The van der Waals surface area contributed by atoms with Crippen molar-refractivity contribution in [2.75, 3.05) is 5.32 Å². The van der Waals surface area contributed by atoms with Crippen LogP contribution in [-0.4, -0.2) is 10.9 Å². The van der Waals surface area contributed by atoms with Gasteiger partial charge in [-0.1, -0.05) is 33.3 Å². The smallest absolute Gasteiger partial charge is 0.227 e. The lowest BCUT2D eigenvalue weighted by Gasteiger charge is -2.05. The predicted octanol–water partition coefficient (Wildman–Crippen LogP) is 5.75. The van der Waals surface area contributed by atoms with Crippen LogP contribution in [0.5, 0.6) is 0 Å². The van der Waals surface area contributed by atoms with Crippen molar-refractivity contribution in [3.05, 3.63) is 48.0 Å². The molecule has 130 valence electrons. The highest BCUT2D eigenvalue weighted by Gasteiger charge is 2.10. The minimum Gasteiger partial charge on any atom is -0.436 e. The van der Waals surface area contributed by atoms with Gasteiger partial charge < -0.3 is 9.73 Å². The summed E-state index contributed by atoms with van der Waals surface area (Å²) < 4.78 is 5.86. The Labute approximate surface area is 148 Å². The van der Waals surface area contributed by atoms with Gasteiger partial charge in [-0.25, -0.2) is 4.98 Å². The van der Waals surface area contributed by atoms with Crippen LogP contribution in [0.25, 0.3) is 22.6 Å². The van der Waals surface area contributed by atoms with Gasteiger partial charge in [0.1, 0.15) is 5.52 Å². The van der Waals surface area contributed by atoms with Crippen LogP contribution >= 0.6 is 0 Å². The van der Waals surface area contributed by atoms with Gasteiger partial charge in [0.05, 0.1) is 0 Å². The summed E-state index contributed by atoms with van der Waals surface area (Å²) in [4.78, 5) is 16.4. The van der Waals surface area contributed by atoms with E-state index in [0.717, 1.165) is 35.2 Å². The molecular formula is C21H24N2O2. The van der Waals surface area contributed by atoms with Crippen LogP contribution in [0, 0.1) is 0 Å². The molecule has 0 unspecified atom stereocenters. The lowest BCUT2D eigenvalue weighted by molar-refractivity contribution is -0.116. The summed E-state index contributed by atoms with van der Waals surface area (Å²) in [6.45, 7) is 6.40. The number of hydrogen-bond donors (Lipinski definition) is 1. The fourth-order valence-electron chi connectivity index (χ4n) is 2.68. The van der Waals surface area contributed by atoms with E-state index in [9.17, 15) is 4.79 Å². The van der Waals surface area contributed by atoms with Crippen LogP contribution in [0.2, 0.25) is 0 Å². The molecule has 0 radical (unpaired) electrons. The Morgan fingerprint density at radius 3 is 2.60 bits per heavy atom. The zero-order valence-electron chi connectivity index (χ0n) is 15.0. The molecule has 0 saturated carbocycles. The second-order valence-electron chi connectivity index (χ2n) is 6.63. The number of anilines is 1. The summed E-state index contributed by atoms with van der Waals surface area (Å²) in [6, 6.07) is 13.7. The van der Waals surface area contributed by atoms with Gasteiger partial charge >= 0.3 is 0 Å². The van der Waals surface area contributed by atoms with E-state index in [1.54, 1.807) is 0 Å². The number of carbonyl (C=O) groups is 1. The van der Waals surface area contributed by atoms with Crippen molar-refractivity contribution in [1.82, 2.24) is 4.98 Å². The van der Waals surface area contributed by atoms with Crippen molar-refractivity contribution in [2.24, 2.45) is 0 Å². The highest BCUT2D eigenvalue weighted by molar-refractivity contribution is 5.90. The normalized spacial score (nSPS) is 11.2. The third-order valence-corrected chi connectivity index (χ3v) is 4.25. The number of aromatic nitrogens is 1. The van der Waals surface area contributed by atoms with E-state index in [0.29, 0.717) is 18.2 Å². The quantitative estimate of drug-likeness (QED) is 0.624. The minimum atomic E-state index is 0.0534. The number of unbranched alkanes of at least 4 members (excludes halogenated alkanes) is 1. The van der Waals surface area contributed by atoms with Crippen LogP contribution in [0.3, 0.4) is 0 Å². The fourth-order valence-corrected chi connectivity index (χ4v) is 2.68. The monoisotopic (exact) mass is 336 g/mol. The average molecular weight is 336 g/mol. The Morgan fingerprint density at radius 1 is 1.16 bits per heavy atom. The minimum absolute atomic E-state index is 0.0534. The summed E-state index contributed by atoms with van der Waals surface area (Å²) in [5.74, 6) is 1.11. The summed E-state index contributed by atoms with van der Waals surface area (Å²) in [5, 5.41) is 2.91. The molecule has 0 aliphatic carbocycles. The molecule has 0 aliphatic heterocycles. The van der Waals surface area contributed by atoms with Crippen LogP contribution < -0.4 is 5.32 Å². The molecule has 4 heteroatoms. The Kier molecular flexibility index (Phi) is 5.17. The molecule has 0 fully saturated rings. The van der Waals surface area contributed by atoms with Gasteiger partial charge in [-0.15, -0.1) is 0 Å². The lowest BCUT2D eigenvalue weighted by Crippen LogP contribution is -2.10. The number of fused-ring (bicyclic) bond motifs is 1. The summed E-state index contributed by atoms with van der Waals surface area (Å²) in [6.07, 6.45) is 2.48. The molecular weight excluding hydrogens is 312 g/mol. The summed E-state index contributed by atoms with van der Waals surface area (Å²) in [5.41, 5.74) is 4.60. The maximum Gasteiger partial charge on any atom is 0.227 e. The molecule has 0 aliphatic rings. The fraction of sp³-hybridized carbons (Fsp3) is 0.333. The van der Waals surface area contributed by atoms with E-state index in [1.807, 2.05) is 30.3 Å². The molecule has 1 aromatic heterocycles. The van der Waals surface area contributed by atoms with E-state index < -0.39 is 0 Å². The third-order valence-electron chi connectivity index (χ3n) is 4.25. The van der Waals surface area contributed by atoms with Gasteiger partial charge in [-0.3, -0.25) is 4.79 Å². The predicted molar refractivity (Wildman–Crippen MR) is 102 cm³/mol. The maximum atomic E-state index is 11.8. The van der Waals surface area contributed by atoms with E-state index in [4.69, 9.17) is 4.42 Å². The number of carbonyl (C=O) groups excluding carboxylic acids is 1. The number of amides is 1. The Bertz CT molecular complexity index is 863. The maximum absolute atomic E-state index is 11.8. The topological polar surface area (TPSA) is 55.1 Å². The molecule has 1 heterocycles. The van der Waals surface area contributed by atoms with Crippen molar-refractivity contribution >= 4 is 22.7 Å². The van der Waals surface area contributed by atoms with Gasteiger partial charge in [-0.05, 0) is 54.3 Å². The molecule has 0 atom stereocenters. The van der Waals surface area contributed by atoms with Crippen LogP contribution in [0.1, 0.15) is 51.5 Å². The van der Waals surface area contributed by atoms with Crippen molar-refractivity contribution < 1.29 is 9.21 Å². The molecule has 2 aromatic carbocycles. The first-order chi connectivity index (χ1) is 12.1. The number of benzene rings is 2. The molecule has 0 saturated heterocycles. The number of hydrogen-bond acceptors (Lipinski definition) is 3. The molecule has 3 rings (SSSR count). The summed E-state index contributed by atoms with van der Waals surface area (Å²) >= 11 is 0. The number of oxazole rings is 1. The van der Waals surface area contributed by atoms with Crippen LogP contribution in [-0.2, 0) is 4.79 Å². The first-order valence-electron chi connectivity index (χ1n) is 8.87. The second-order valence-corrected chi connectivity index (χ2v) is 6.63. The van der Waals surface area contributed by atoms with Crippen LogP contribution in [0.4, 0.5) is 5.69 Å². The van der Waals surface area contributed by atoms with Crippen molar-refractivity contribution in [1.29, 1.82) is 0 Å². The summed E-state index contributed by atoms with van der Waals surface area (Å²) in [7, 11) is 0. The van der Waals surface area contributed by atoms with Crippen LogP contribution in [0.15, 0.2) is 46.9 Å². The zero-order valence-corrected chi connectivity index (χ0v) is 15.0. The highest BCUT2D eigenvalue weighted by atomic mass is 16.3. The van der Waals surface area contributed by atoms with E-state index >= 15 is 0 Å². The van der Waals surface area contributed by atoms with Gasteiger partial charge in [0.2, 0.25) is 11.8 Å². The lowest BCUT2D eigenvalue weighted by atomic mass is 10.0. The number of nitrogens with one attached hydrogen (secondary N) is 1. The Morgan fingerprint density at radius 2 is 1.92 bits per heavy atom. The van der Waals surface area contributed by atoms with Gasteiger partial charge in [0.25, 0.3) is 0 Å². The van der Waals surface area contributed by atoms with E-state index in [2.05, 4.69) is 43.2 Å². The van der Waals surface area contributed by atoms with Crippen molar-refractivity contribution in [3.8, 4) is 11.5 Å². The molecule has 4 nitrogen and oxygen atoms in total. The molecule has 25 heavy (non-hydrogen) atoms. The van der Waals surface area contributed by atoms with E-state index in [-0.39, 0.29) is 5.91 Å². The van der Waals surface area contributed by atoms with Crippen molar-refractivity contribution in [2.45, 2.75) is 46.0 Å². The Hall–Kier alpha value is -2.62. The largest absolute Gasteiger partial charge is 0.436 e. The molecule has 0 bridgehead atoms. The van der Waals surface area contributed by atoms with Crippen molar-refractivity contribution in [3.63, 3.8) is 0 Å². The van der Waals surface area contributed by atoms with Gasteiger partial charge in [0.15, 0.2) is 5.58 Å². The highest BCUT2D eigenvalue weighted by Crippen LogP contribution is 2.27. The van der Waals surface area contributed by atoms with Gasteiger partial charge in [0, 0.05) is 17.7 Å². The number of nitrogens with zero attached hydrogens (tertiary/aromatic N) is 1. The third kappa shape index (κ3) is 4.08. The SMILES string of the molecule is CCCCC(=O)Nc1ccc(-c2nc3cc(C(C)C)ccc3o2)cc1. The molecule has 1 amide bonds. The average Bonchev–Trinajstić information content (AvgIpc) is 3.03. The van der Waals surface area contributed by atoms with Gasteiger partial charge in [-0.2, -0.15) is 0 Å². The first kappa shape index (κ1) is 17.2. The standard InChI is InChI=1S/C21H24N2O2/c1-4-5-6-20(24)22-17-10-7-15(8-11-17)21-23-18-13-16(14(2)3)9-12-19(18)25-21/h7-14H,4-6H2,1-3H3,(H,22,24). The molecule has 0 spiro atoms.